The van der Waals surface area contributed by atoms with Crippen LogP contribution in [-0.2, 0) is 5.41 Å². The molecule has 0 fully saturated rings. The van der Waals surface area contributed by atoms with Crippen molar-refractivity contribution < 1.29 is 0 Å². The molecule has 0 amide bonds. The summed E-state index contributed by atoms with van der Waals surface area (Å²) >= 11 is 7.49. The van der Waals surface area contributed by atoms with E-state index in [1.165, 1.54) is 10.4 Å². The molecule has 1 nitrogen and oxygen atoms in total. The molecule has 0 aromatic carbocycles. The summed E-state index contributed by atoms with van der Waals surface area (Å²) in [5.74, 6) is 0.742. The lowest BCUT2D eigenvalue weighted by Gasteiger charge is -2.25. The monoisotopic (exact) mass is 245 g/mol. The summed E-state index contributed by atoms with van der Waals surface area (Å²) in [4.78, 5) is 1.49. The van der Waals surface area contributed by atoms with Crippen molar-refractivity contribution in [2.75, 3.05) is 19.0 Å². The fraction of sp³-hybridized carbons (Fsp3) is 0.667. The minimum Gasteiger partial charge on any atom is -0.316 e. The molecule has 1 rings (SSSR count). The molecule has 1 heterocycles. The Balaban J connectivity index is 2.48. The molecule has 0 unspecified atom stereocenters. The number of aryl methyl sites for hydroxylation is 1. The van der Waals surface area contributed by atoms with Gasteiger partial charge in [-0.25, -0.2) is 0 Å². The second-order valence-electron chi connectivity index (χ2n) is 4.54. The molecule has 15 heavy (non-hydrogen) atoms. The molecule has 0 spiro atoms. The zero-order valence-electron chi connectivity index (χ0n) is 9.77. The number of rotatable bonds is 6. The Bertz CT molecular complexity index is 294. The molecule has 0 aliphatic rings. The highest BCUT2D eigenvalue weighted by atomic mass is 35.5. The lowest BCUT2D eigenvalue weighted by Crippen LogP contribution is -2.33. The number of hydrogen-bond donors (Lipinski definition) is 1. The van der Waals surface area contributed by atoms with E-state index in [4.69, 9.17) is 11.6 Å². The van der Waals surface area contributed by atoms with Gasteiger partial charge in [-0.1, -0.05) is 13.8 Å². The van der Waals surface area contributed by atoms with E-state index in [0.717, 1.165) is 25.4 Å². The van der Waals surface area contributed by atoms with E-state index in [1.54, 1.807) is 0 Å². The Hall–Kier alpha value is -0.0500. The van der Waals surface area contributed by atoms with Crippen LogP contribution in [0.2, 0.25) is 0 Å². The Labute approximate surface area is 102 Å². The van der Waals surface area contributed by atoms with Crippen LogP contribution in [0.3, 0.4) is 0 Å². The molecular weight excluding hydrogens is 226 g/mol. The first-order valence-electron chi connectivity index (χ1n) is 5.39. The van der Waals surface area contributed by atoms with Crippen molar-refractivity contribution in [2.24, 2.45) is 0 Å². The van der Waals surface area contributed by atoms with Crippen LogP contribution in [0.15, 0.2) is 11.4 Å². The van der Waals surface area contributed by atoms with Crippen molar-refractivity contribution in [2.45, 2.75) is 32.6 Å². The third kappa shape index (κ3) is 3.78. The Morgan fingerprint density at radius 1 is 1.47 bits per heavy atom. The van der Waals surface area contributed by atoms with Crippen LogP contribution in [0.4, 0.5) is 0 Å². The SMILES string of the molecule is Cc1ccsc1C(C)(C)CNCCCCl. The molecule has 1 aromatic rings. The van der Waals surface area contributed by atoms with Crippen LogP contribution in [0.25, 0.3) is 0 Å². The van der Waals surface area contributed by atoms with E-state index < -0.39 is 0 Å². The van der Waals surface area contributed by atoms with Gasteiger partial charge in [0.05, 0.1) is 0 Å². The first-order chi connectivity index (χ1) is 7.08. The number of halogens is 1. The standard InChI is InChI=1S/C12H20ClNS/c1-10-5-8-15-11(10)12(2,3)9-14-7-4-6-13/h5,8,14H,4,6-7,9H2,1-3H3. The Morgan fingerprint density at radius 3 is 2.73 bits per heavy atom. The van der Waals surface area contributed by atoms with Gasteiger partial charge < -0.3 is 5.32 Å². The zero-order chi connectivity index (χ0) is 11.3. The lowest BCUT2D eigenvalue weighted by atomic mass is 9.89. The van der Waals surface area contributed by atoms with Gasteiger partial charge >= 0.3 is 0 Å². The Morgan fingerprint density at radius 2 is 2.20 bits per heavy atom. The second-order valence-corrected chi connectivity index (χ2v) is 5.83. The lowest BCUT2D eigenvalue weighted by molar-refractivity contribution is 0.476. The molecule has 3 heteroatoms. The van der Waals surface area contributed by atoms with Gasteiger partial charge in [0.15, 0.2) is 0 Å². The summed E-state index contributed by atoms with van der Waals surface area (Å²) in [6, 6.07) is 2.19. The normalized spacial score (nSPS) is 12.0. The van der Waals surface area contributed by atoms with Gasteiger partial charge in [-0.2, -0.15) is 0 Å². The highest BCUT2D eigenvalue weighted by Gasteiger charge is 2.22. The van der Waals surface area contributed by atoms with Crippen molar-refractivity contribution in [3.05, 3.63) is 21.9 Å². The van der Waals surface area contributed by atoms with Crippen molar-refractivity contribution in [3.63, 3.8) is 0 Å². The molecule has 0 saturated heterocycles. The maximum absolute atomic E-state index is 5.64. The van der Waals surface area contributed by atoms with E-state index in [1.807, 2.05) is 11.3 Å². The molecule has 0 saturated carbocycles. The summed E-state index contributed by atoms with van der Waals surface area (Å²) in [7, 11) is 0. The van der Waals surface area contributed by atoms with E-state index in [0.29, 0.717) is 0 Å². The maximum Gasteiger partial charge on any atom is 0.0235 e. The van der Waals surface area contributed by atoms with Gasteiger partial charge in [-0.05, 0) is 36.9 Å². The van der Waals surface area contributed by atoms with E-state index >= 15 is 0 Å². The topological polar surface area (TPSA) is 12.0 Å². The average molecular weight is 246 g/mol. The van der Waals surface area contributed by atoms with Crippen molar-refractivity contribution >= 4 is 22.9 Å². The smallest absolute Gasteiger partial charge is 0.0235 e. The molecule has 0 radical (unpaired) electrons. The highest BCUT2D eigenvalue weighted by Crippen LogP contribution is 2.30. The Kier molecular flexibility index (Phi) is 5.10. The van der Waals surface area contributed by atoms with Crippen LogP contribution >= 0.6 is 22.9 Å². The van der Waals surface area contributed by atoms with Crippen LogP contribution in [-0.4, -0.2) is 19.0 Å². The highest BCUT2D eigenvalue weighted by molar-refractivity contribution is 7.10. The third-order valence-corrected chi connectivity index (χ3v) is 4.18. The van der Waals surface area contributed by atoms with Gasteiger partial charge in [0.2, 0.25) is 0 Å². The summed E-state index contributed by atoms with van der Waals surface area (Å²) < 4.78 is 0. The summed E-state index contributed by atoms with van der Waals surface area (Å²) in [5.41, 5.74) is 1.63. The number of thiophene rings is 1. The van der Waals surface area contributed by atoms with Crippen LogP contribution in [0.1, 0.15) is 30.7 Å². The minimum atomic E-state index is 0.227. The molecule has 86 valence electrons. The fourth-order valence-electron chi connectivity index (χ4n) is 1.74. The van der Waals surface area contributed by atoms with Gasteiger partial charge in [0.1, 0.15) is 0 Å². The van der Waals surface area contributed by atoms with Gasteiger partial charge in [-0.15, -0.1) is 22.9 Å². The average Bonchev–Trinajstić information content (AvgIpc) is 2.60. The van der Waals surface area contributed by atoms with E-state index in [2.05, 4.69) is 37.5 Å². The van der Waals surface area contributed by atoms with Gasteiger partial charge in [-0.3, -0.25) is 0 Å². The molecule has 0 bridgehead atoms. The van der Waals surface area contributed by atoms with Crippen LogP contribution < -0.4 is 5.32 Å². The van der Waals surface area contributed by atoms with Crippen molar-refractivity contribution in [1.29, 1.82) is 0 Å². The predicted octanol–water partition coefficient (Wildman–Crippen LogP) is 3.55. The van der Waals surface area contributed by atoms with Gasteiger partial charge in [0.25, 0.3) is 0 Å². The zero-order valence-corrected chi connectivity index (χ0v) is 11.3. The molecular formula is C12H20ClNS. The maximum atomic E-state index is 5.64. The van der Waals surface area contributed by atoms with E-state index in [9.17, 15) is 0 Å². The van der Waals surface area contributed by atoms with E-state index in [-0.39, 0.29) is 5.41 Å². The molecule has 0 atom stereocenters. The van der Waals surface area contributed by atoms with Crippen LogP contribution in [0.5, 0.6) is 0 Å². The van der Waals surface area contributed by atoms with Crippen molar-refractivity contribution in [1.82, 2.24) is 5.32 Å². The summed E-state index contributed by atoms with van der Waals surface area (Å²) in [6.07, 6.45) is 1.04. The quantitative estimate of drug-likeness (QED) is 0.597. The number of hydrogen-bond acceptors (Lipinski definition) is 2. The molecule has 1 N–H and O–H groups in total. The van der Waals surface area contributed by atoms with Crippen molar-refractivity contribution in [3.8, 4) is 0 Å². The fourth-order valence-corrected chi connectivity index (χ4v) is 2.93. The number of alkyl halides is 1. The predicted molar refractivity (Wildman–Crippen MR) is 70.3 cm³/mol. The first-order valence-corrected chi connectivity index (χ1v) is 6.80. The molecule has 0 aliphatic heterocycles. The summed E-state index contributed by atoms with van der Waals surface area (Å²) in [6.45, 7) is 8.80. The van der Waals surface area contributed by atoms with Gasteiger partial charge in [0, 0.05) is 22.7 Å². The molecule has 0 aliphatic carbocycles. The minimum absolute atomic E-state index is 0.227. The largest absolute Gasteiger partial charge is 0.316 e. The summed E-state index contributed by atoms with van der Waals surface area (Å²) in [5, 5.41) is 5.64. The molecule has 1 aromatic heterocycles. The third-order valence-electron chi connectivity index (χ3n) is 2.53. The second kappa shape index (κ2) is 5.88. The number of nitrogens with one attached hydrogen (secondary N) is 1. The first kappa shape index (κ1) is 13.0. The van der Waals surface area contributed by atoms with Crippen LogP contribution in [0, 0.1) is 6.92 Å².